The number of hydrogen-bond donors (Lipinski definition) is 1. The number of likely N-dealkylation sites (tertiary alicyclic amines) is 1. The number of furan rings is 1. The van der Waals surface area contributed by atoms with Crippen LogP contribution in [0.25, 0.3) is 0 Å². The van der Waals surface area contributed by atoms with Crippen LogP contribution in [0.5, 0.6) is 0 Å². The lowest BCUT2D eigenvalue weighted by Crippen LogP contribution is -2.36. The first-order valence-electron chi connectivity index (χ1n) is 9.76. The van der Waals surface area contributed by atoms with E-state index < -0.39 is 0 Å². The normalized spacial score (nSPS) is 15.5. The van der Waals surface area contributed by atoms with Gasteiger partial charge >= 0.3 is 0 Å². The average molecular weight is 413 g/mol. The predicted molar refractivity (Wildman–Crippen MR) is 110 cm³/mol. The first kappa shape index (κ1) is 19.7. The van der Waals surface area contributed by atoms with Crippen LogP contribution in [-0.4, -0.2) is 40.6 Å². The number of aryl methyl sites for hydroxylation is 1. The molecule has 1 amide bonds. The quantitative estimate of drug-likeness (QED) is 0.563. The van der Waals surface area contributed by atoms with Gasteiger partial charge in [-0.25, -0.2) is 4.98 Å². The minimum Gasteiger partial charge on any atom is -0.468 e. The summed E-state index contributed by atoms with van der Waals surface area (Å²) in [5.74, 6) is 2.12. The van der Waals surface area contributed by atoms with Gasteiger partial charge in [-0.05, 0) is 57.1 Å². The molecule has 7 nitrogen and oxygen atoms in total. The highest BCUT2D eigenvalue weighted by molar-refractivity contribution is 7.98. The summed E-state index contributed by atoms with van der Waals surface area (Å²) >= 11 is 1.48. The third-order valence-electron chi connectivity index (χ3n) is 4.96. The van der Waals surface area contributed by atoms with Crippen molar-refractivity contribution in [3.8, 4) is 0 Å². The molecule has 8 heteroatoms. The van der Waals surface area contributed by atoms with Crippen LogP contribution in [0.4, 0.5) is 0 Å². The number of carbonyl (C=O) groups excluding carboxylic acids is 1. The maximum absolute atomic E-state index is 12.9. The fourth-order valence-electron chi connectivity index (χ4n) is 3.54. The average Bonchev–Trinajstić information content (AvgIpc) is 3.50. The smallest absolute Gasteiger partial charge is 0.254 e. The molecule has 152 valence electrons. The Morgan fingerprint density at radius 2 is 2.17 bits per heavy atom. The molecule has 0 spiro atoms. The highest BCUT2D eigenvalue weighted by atomic mass is 32.2. The highest BCUT2D eigenvalue weighted by Gasteiger charge is 2.26. The number of thioether (sulfide) groups is 1. The van der Waals surface area contributed by atoms with Gasteiger partial charge in [0.25, 0.3) is 5.91 Å². The van der Waals surface area contributed by atoms with Crippen molar-refractivity contribution in [2.24, 2.45) is 0 Å². The Labute approximate surface area is 173 Å². The molecular weight excluding hydrogens is 388 g/mol. The van der Waals surface area contributed by atoms with Crippen LogP contribution >= 0.6 is 11.8 Å². The number of nitrogens with one attached hydrogen (secondary N) is 1. The molecule has 1 atom stereocenters. The van der Waals surface area contributed by atoms with Crippen LogP contribution in [-0.2, 0) is 5.75 Å². The van der Waals surface area contributed by atoms with E-state index in [1.165, 1.54) is 24.6 Å². The molecule has 1 saturated heterocycles. The molecule has 1 aliphatic rings. The molecule has 4 heterocycles. The van der Waals surface area contributed by atoms with Crippen molar-refractivity contribution in [2.45, 2.75) is 36.6 Å². The van der Waals surface area contributed by atoms with Crippen LogP contribution in [0.1, 0.15) is 46.5 Å². The first-order chi connectivity index (χ1) is 14.2. The summed E-state index contributed by atoms with van der Waals surface area (Å²) in [6.45, 7) is 4.39. The lowest BCUT2D eigenvalue weighted by atomic mass is 10.2. The fourth-order valence-corrected chi connectivity index (χ4v) is 4.41. The summed E-state index contributed by atoms with van der Waals surface area (Å²) < 4.78 is 10.7. The maximum atomic E-state index is 12.9. The Kier molecular flexibility index (Phi) is 6.31. The number of pyridine rings is 1. The molecule has 0 aliphatic carbocycles. The van der Waals surface area contributed by atoms with Crippen molar-refractivity contribution >= 4 is 17.7 Å². The van der Waals surface area contributed by atoms with E-state index in [1.54, 1.807) is 24.6 Å². The van der Waals surface area contributed by atoms with Gasteiger partial charge in [-0.1, -0.05) is 16.9 Å². The lowest BCUT2D eigenvalue weighted by Gasteiger charge is -2.26. The van der Waals surface area contributed by atoms with Crippen LogP contribution in [0.2, 0.25) is 0 Å². The van der Waals surface area contributed by atoms with E-state index in [2.05, 4.69) is 20.4 Å². The Bertz CT molecular complexity index is 935. The molecular formula is C21H24N4O3S. The Morgan fingerprint density at radius 3 is 2.90 bits per heavy atom. The number of carbonyl (C=O) groups is 1. The molecule has 3 aromatic heterocycles. The van der Waals surface area contributed by atoms with Crippen molar-refractivity contribution in [1.82, 2.24) is 20.4 Å². The number of amides is 1. The molecule has 1 N–H and O–H groups in total. The molecule has 0 bridgehead atoms. The zero-order chi connectivity index (χ0) is 20.1. The van der Waals surface area contributed by atoms with Crippen molar-refractivity contribution in [2.75, 3.05) is 19.6 Å². The Morgan fingerprint density at radius 1 is 1.31 bits per heavy atom. The molecule has 0 radical (unpaired) electrons. The summed E-state index contributed by atoms with van der Waals surface area (Å²) in [5.41, 5.74) is 1.40. The second-order valence-corrected chi connectivity index (χ2v) is 8.02. The second-order valence-electron chi connectivity index (χ2n) is 7.06. The van der Waals surface area contributed by atoms with E-state index in [9.17, 15) is 4.79 Å². The molecule has 29 heavy (non-hydrogen) atoms. The third kappa shape index (κ3) is 4.89. The van der Waals surface area contributed by atoms with Gasteiger partial charge in [0.15, 0.2) is 0 Å². The van der Waals surface area contributed by atoms with E-state index in [4.69, 9.17) is 8.94 Å². The van der Waals surface area contributed by atoms with Crippen LogP contribution in [0.15, 0.2) is 56.8 Å². The second kappa shape index (κ2) is 9.28. The summed E-state index contributed by atoms with van der Waals surface area (Å²) in [7, 11) is 0. The summed E-state index contributed by atoms with van der Waals surface area (Å²) in [5, 5.41) is 7.76. The number of nitrogens with zero attached hydrogens (tertiary/aromatic N) is 3. The Hall–Kier alpha value is -2.58. The topological polar surface area (TPSA) is 84.4 Å². The minimum atomic E-state index is -0.132. The lowest BCUT2D eigenvalue weighted by molar-refractivity contribution is 0.0930. The molecule has 0 unspecified atom stereocenters. The monoisotopic (exact) mass is 412 g/mol. The van der Waals surface area contributed by atoms with E-state index in [-0.39, 0.29) is 11.9 Å². The molecule has 0 aromatic carbocycles. The van der Waals surface area contributed by atoms with E-state index in [1.807, 2.05) is 25.1 Å². The van der Waals surface area contributed by atoms with Crippen molar-refractivity contribution in [1.29, 1.82) is 0 Å². The van der Waals surface area contributed by atoms with Crippen molar-refractivity contribution < 1.29 is 13.7 Å². The number of rotatable bonds is 8. The van der Waals surface area contributed by atoms with E-state index >= 15 is 0 Å². The summed E-state index contributed by atoms with van der Waals surface area (Å²) in [4.78, 5) is 19.7. The van der Waals surface area contributed by atoms with E-state index in [0.29, 0.717) is 22.9 Å². The van der Waals surface area contributed by atoms with Gasteiger partial charge in [-0.15, -0.1) is 0 Å². The van der Waals surface area contributed by atoms with Crippen LogP contribution < -0.4 is 5.32 Å². The van der Waals surface area contributed by atoms with Gasteiger partial charge in [0.1, 0.15) is 16.5 Å². The molecule has 0 saturated carbocycles. The SMILES string of the molecule is Cc1cc(CSc2ncccc2C(=O)NC[C@@H](c2ccco2)N2CCCC2)no1. The number of hydrogen-bond acceptors (Lipinski definition) is 7. The zero-order valence-corrected chi connectivity index (χ0v) is 17.2. The summed E-state index contributed by atoms with van der Waals surface area (Å²) in [6.07, 6.45) is 5.73. The van der Waals surface area contributed by atoms with Gasteiger partial charge in [0, 0.05) is 24.6 Å². The van der Waals surface area contributed by atoms with Gasteiger partial charge < -0.3 is 14.3 Å². The minimum absolute atomic E-state index is 0.0438. The van der Waals surface area contributed by atoms with Crippen molar-refractivity contribution in [3.63, 3.8) is 0 Å². The number of aromatic nitrogens is 2. The van der Waals surface area contributed by atoms with E-state index in [0.717, 1.165) is 30.3 Å². The molecule has 1 fully saturated rings. The van der Waals surface area contributed by atoms with Crippen molar-refractivity contribution in [3.05, 3.63) is 65.6 Å². The molecule has 4 rings (SSSR count). The standard InChI is InChI=1S/C21H24N4O3S/c1-15-12-16(24-28-15)14-29-21-17(6-4-8-22-21)20(26)23-13-18(19-7-5-11-27-19)25-9-2-3-10-25/h4-8,11-12,18H,2-3,9-10,13-14H2,1H3,(H,23,26)/t18-/m0/s1. The Balaban J connectivity index is 1.42. The highest BCUT2D eigenvalue weighted by Crippen LogP contribution is 2.26. The van der Waals surface area contributed by atoms with Crippen LogP contribution in [0.3, 0.4) is 0 Å². The predicted octanol–water partition coefficient (Wildman–Crippen LogP) is 3.83. The van der Waals surface area contributed by atoms with Crippen LogP contribution in [0, 0.1) is 6.92 Å². The zero-order valence-electron chi connectivity index (χ0n) is 16.3. The fraction of sp³-hybridized carbons (Fsp3) is 0.381. The first-order valence-corrected chi connectivity index (χ1v) is 10.7. The summed E-state index contributed by atoms with van der Waals surface area (Å²) in [6, 6.07) is 9.38. The third-order valence-corrected chi connectivity index (χ3v) is 6.00. The molecule has 3 aromatic rings. The van der Waals surface area contributed by atoms with Gasteiger partial charge in [0.05, 0.1) is 23.6 Å². The largest absolute Gasteiger partial charge is 0.468 e. The molecule has 1 aliphatic heterocycles. The van der Waals surface area contributed by atoms with Gasteiger partial charge in [0.2, 0.25) is 0 Å². The maximum Gasteiger partial charge on any atom is 0.254 e. The van der Waals surface area contributed by atoms with Gasteiger partial charge in [-0.2, -0.15) is 0 Å². The van der Waals surface area contributed by atoms with Gasteiger partial charge in [-0.3, -0.25) is 9.69 Å².